The Morgan fingerprint density at radius 3 is 0.851 bits per heavy atom. The normalized spacial score (nSPS) is 12.1. The van der Waals surface area contributed by atoms with Crippen molar-refractivity contribution in [2.45, 2.75) is 258 Å². The smallest absolute Gasteiger partial charge is 0.550 e. The Morgan fingerprint density at radius 2 is 0.638 bits per heavy atom. The maximum Gasteiger partial charge on any atom is 1.00 e. The average Bonchev–Trinajstić information content (AvgIpc) is 3.05. The Hall–Kier alpha value is 0.0274. The molecule has 0 radical (unpaired) electrons. The van der Waals surface area contributed by atoms with Crippen LogP contribution in [0, 0.1) is 0 Å². The molecule has 0 N–H and O–H groups in total. The maximum absolute atomic E-state index is 11.0. The second-order valence-electron chi connectivity index (χ2n) is 15.1. The Balaban J connectivity index is 0. The van der Waals surface area contributed by atoms with Crippen LogP contribution in [-0.2, 0) is 4.79 Å². The Bertz CT molecular complexity index is 548. The molecule has 4 heteroatoms. The largest absolute Gasteiger partial charge is 1.00 e. The van der Waals surface area contributed by atoms with Crippen LogP contribution in [0.3, 0.4) is 0 Å². The van der Waals surface area contributed by atoms with Gasteiger partial charge < -0.3 is 14.8 Å². The van der Waals surface area contributed by atoms with Gasteiger partial charge in [0, 0.05) is 12.0 Å². The molecule has 1 atom stereocenters. The van der Waals surface area contributed by atoms with E-state index in [0.717, 1.165) is 19.5 Å². The molecule has 0 saturated carbocycles. The van der Waals surface area contributed by atoms with E-state index in [2.05, 4.69) is 25.7 Å². The van der Waals surface area contributed by atoms with Gasteiger partial charge in [0.25, 0.3) is 0 Å². The number of unbranched alkanes of at least 4 members (excludes halogenated alkanes) is 32. The zero-order valence-corrected chi connectivity index (χ0v) is 33.2. The molecule has 0 aliphatic heterocycles. The van der Waals surface area contributed by atoms with E-state index in [-0.39, 0.29) is 25.3 Å². The van der Waals surface area contributed by atoms with Crippen molar-refractivity contribution in [2.75, 3.05) is 13.1 Å². The molecule has 0 aromatic rings. The fourth-order valence-electron chi connectivity index (χ4n) is 7.14. The van der Waals surface area contributed by atoms with Gasteiger partial charge in [0.15, 0.2) is 0 Å². The second-order valence-corrected chi connectivity index (χ2v) is 15.1. The van der Waals surface area contributed by atoms with Gasteiger partial charge in [0.1, 0.15) is 0 Å². The van der Waals surface area contributed by atoms with E-state index < -0.39 is 5.97 Å². The molecule has 0 amide bonds. The zero-order valence-electron chi connectivity index (χ0n) is 33.2. The minimum Gasteiger partial charge on any atom is -0.550 e. The van der Waals surface area contributed by atoms with Crippen LogP contribution in [0.15, 0.2) is 0 Å². The molecule has 0 bridgehead atoms. The third kappa shape index (κ3) is 40.3. The summed E-state index contributed by atoms with van der Waals surface area (Å²) in [7, 11) is 0. The molecular formula is C43H86LiNO2. The van der Waals surface area contributed by atoms with Crippen molar-refractivity contribution in [1.82, 2.24) is 4.90 Å². The summed E-state index contributed by atoms with van der Waals surface area (Å²) in [6.07, 6.45) is 48.8. The maximum atomic E-state index is 11.0. The van der Waals surface area contributed by atoms with Crippen LogP contribution in [0.1, 0.15) is 252 Å². The molecule has 0 aromatic carbocycles. The number of carboxylic acids is 1. The second kappa shape index (κ2) is 42.2. The molecule has 0 heterocycles. The van der Waals surface area contributed by atoms with Gasteiger partial charge in [-0.2, -0.15) is 0 Å². The van der Waals surface area contributed by atoms with Crippen LogP contribution < -0.4 is 24.0 Å². The van der Waals surface area contributed by atoms with Crippen LogP contribution in [0.2, 0.25) is 0 Å². The summed E-state index contributed by atoms with van der Waals surface area (Å²) in [6.45, 7) is 9.08. The van der Waals surface area contributed by atoms with E-state index in [0.29, 0.717) is 6.04 Å². The van der Waals surface area contributed by atoms with Crippen LogP contribution in [0.25, 0.3) is 0 Å². The first-order chi connectivity index (χ1) is 22.6. The van der Waals surface area contributed by atoms with E-state index in [1.54, 1.807) is 0 Å². The SMILES string of the molecule is CCCCCCCCCCCCCCCCCCCN(CCCCCCCCCCCCCCCCCCC)C(C)CCC(=O)[O-].[Li+]. The summed E-state index contributed by atoms with van der Waals surface area (Å²) in [4.78, 5) is 13.6. The minimum absolute atomic E-state index is 0. The fourth-order valence-corrected chi connectivity index (χ4v) is 7.14. The Kier molecular flexibility index (Phi) is 44.1. The zero-order chi connectivity index (χ0) is 33.6. The third-order valence-electron chi connectivity index (χ3n) is 10.5. The van der Waals surface area contributed by atoms with Crippen LogP contribution in [0.4, 0.5) is 0 Å². The summed E-state index contributed by atoms with van der Waals surface area (Å²) in [5.74, 6) is -0.901. The monoisotopic (exact) mass is 656 g/mol. The van der Waals surface area contributed by atoms with Crippen molar-refractivity contribution in [3.63, 3.8) is 0 Å². The molecule has 0 spiro atoms. The van der Waals surface area contributed by atoms with E-state index in [1.807, 2.05) is 0 Å². The van der Waals surface area contributed by atoms with Gasteiger partial charge in [0.05, 0.1) is 0 Å². The third-order valence-corrected chi connectivity index (χ3v) is 10.5. The van der Waals surface area contributed by atoms with Gasteiger partial charge in [-0.05, 0) is 45.7 Å². The molecule has 47 heavy (non-hydrogen) atoms. The molecular weight excluding hydrogens is 569 g/mol. The number of hydrogen-bond acceptors (Lipinski definition) is 3. The molecule has 0 fully saturated rings. The van der Waals surface area contributed by atoms with Gasteiger partial charge in [-0.3, -0.25) is 0 Å². The van der Waals surface area contributed by atoms with E-state index in [1.165, 1.54) is 218 Å². The first-order valence-corrected chi connectivity index (χ1v) is 21.6. The van der Waals surface area contributed by atoms with Gasteiger partial charge in [-0.1, -0.05) is 219 Å². The number of nitrogens with zero attached hydrogens (tertiary/aromatic N) is 1. The minimum atomic E-state index is -0.901. The van der Waals surface area contributed by atoms with Crippen molar-refractivity contribution in [2.24, 2.45) is 0 Å². The van der Waals surface area contributed by atoms with Crippen molar-refractivity contribution in [3.8, 4) is 0 Å². The molecule has 0 aliphatic carbocycles. The van der Waals surface area contributed by atoms with Crippen molar-refractivity contribution in [1.29, 1.82) is 0 Å². The standard InChI is InChI=1S/C43H87NO2.Li/c1-4-6-8-10-12-14-16-18-20-22-24-26-28-30-32-34-36-40-44(42(3)38-39-43(45)46)41-37-35-33-31-29-27-25-23-21-19-17-15-13-11-9-7-5-2;/h42H,4-41H2,1-3H3,(H,45,46);/q;+1/p-1. The predicted octanol–water partition coefficient (Wildman–Crippen LogP) is 10.5. The summed E-state index contributed by atoms with van der Waals surface area (Å²) >= 11 is 0. The molecule has 1 unspecified atom stereocenters. The van der Waals surface area contributed by atoms with Crippen molar-refractivity contribution in [3.05, 3.63) is 0 Å². The summed E-state index contributed by atoms with van der Waals surface area (Å²) < 4.78 is 0. The summed E-state index contributed by atoms with van der Waals surface area (Å²) in [5, 5.41) is 11.0. The molecule has 0 aliphatic rings. The molecule has 0 aromatic heterocycles. The number of carbonyl (C=O) groups excluding carboxylic acids is 1. The molecule has 276 valence electrons. The van der Waals surface area contributed by atoms with Gasteiger partial charge in [0.2, 0.25) is 0 Å². The van der Waals surface area contributed by atoms with Crippen LogP contribution in [0.5, 0.6) is 0 Å². The Morgan fingerprint density at radius 1 is 0.426 bits per heavy atom. The number of carboxylic acid groups (broad SMARTS) is 1. The summed E-state index contributed by atoms with van der Waals surface area (Å²) in [5.41, 5.74) is 0. The number of aliphatic carboxylic acids is 1. The summed E-state index contributed by atoms with van der Waals surface area (Å²) in [6, 6.07) is 0.347. The van der Waals surface area contributed by atoms with E-state index in [9.17, 15) is 9.90 Å². The number of carbonyl (C=O) groups is 1. The first kappa shape index (κ1) is 49.1. The van der Waals surface area contributed by atoms with Crippen molar-refractivity contribution < 1.29 is 28.8 Å². The Labute approximate surface area is 309 Å². The van der Waals surface area contributed by atoms with E-state index in [4.69, 9.17) is 0 Å². The molecule has 0 saturated heterocycles. The first-order valence-electron chi connectivity index (χ1n) is 21.6. The number of rotatable bonds is 40. The van der Waals surface area contributed by atoms with Gasteiger partial charge in [-0.25, -0.2) is 0 Å². The van der Waals surface area contributed by atoms with Crippen LogP contribution >= 0.6 is 0 Å². The number of hydrogen-bond donors (Lipinski definition) is 0. The fraction of sp³-hybridized carbons (Fsp3) is 0.977. The van der Waals surface area contributed by atoms with Crippen molar-refractivity contribution >= 4 is 5.97 Å². The predicted molar refractivity (Wildman–Crippen MR) is 204 cm³/mol. The van der Waals surface area contributed by atoms with E-state index >= 15 is 0 Å². The molecule has 0 rings (SSSR count). The van der Waals surface area contributed by atoms with Gasteiger partial charge in [-0.15, -0.1) is 0 Å². The topological polar surface area (TPSA) is 43.4 Å². The van der Waals surface area contributed by atoms with Crippen LogP contribution in [-0.4, -0.2) is 30.0 Å². The molecule has 3 nitrogen and oxygen atoms in total. The van der Waals surface area contributed by atoms with Gasteiger partial charge >= 0.3 is 18.9 Å². The quantitative estimate of drug-likeness (QED) is 0.0487. The average molecular weight is 656 g/mol.